The van der Waals surface area contributed by atoms with Gasteiger partial charge in [0, 0.05) is 24.8 Å². The quantitative estimate of drug-likeness (QED) is 0.409. The highest BCUT2D eigenvalue weighted by molar-refractivity contribution is 8.76. The Kier molecular flexibility index (Phi) is 5.63. The van der Waals surface area contributed by atoms with Crippen LogP contribution in [0.3, 0.4) is 0 Å². The summed E-state index contributed by atoms with van der Waals surface area (Å²) in [6.45, 7) is 0. The van der Waals surface area contributed by atoms with Crippen molar-refractivity contribution in [2.24, 2.45) is 0 Å². The van der Waals surface area contributed by atoms with Gasteiger partial charge in [-0.2, -0.15) is 0 Å². The molecule has 2 amide bonds. The molecule has 0 spiro atoms. The summed E-state index contributed by atoms with van der Waals surface area (Å²) in [6.07, 6.45) is 2.01. The van der Waals surface area contributed by atoms with Gasteiger partial charge in [0.15, 0.2) is 0 Å². The molecular weight excluding hydrogens is 312 g/mol. The van der Waals surface area contributed by atoms with Crippen molar-refractivity contribution in [3.05, 3.63) is 24.4 Å². The smallest absolute Gasteiger partial charge is 0.230 e. The fourth-order valence-corrected chi connectivity index (χ4v) is 3.91. The van der Waals surface area contributed by atoms with Crippen LogP contribution in [0.2, 0.25) is 0 Å². The second kappa shape index (κ2) is 7.46. The maximum absolute atomic E-state index is 11.6. The molecule has 1 unspecified atom stereocenters. The Balaban J connectivity index is 1.85. The molecule has 2 rings (SSSR count). The molecule has 1 aliphatic heterocycles. The first-order valence-corrected chi connectivity index (χ1v) is 8.67. The summed E-state index contributed by atoms with van der Waals surface area (Å²) < 4.78 is 0. The third-order valence-electron chi connectivity index (χ3n) is 2.93. The number of amides is 2. The Morgan fingerprint density at radius 2 is 2.05 bits per heavy atom. The van der Waals surface area contributed by atoms with E-state index in [2.05, 4.69) is 4.98 Å². The highest BCUT2D eigenvalue weighted by atomic mass is 33.1. The molecule has 0 aliphatic carbocycles. The highest BCUT2D eigenvalue weighted by Gasteiger charge is 2.35. The van der Waals surface area contributed by atoms with Crippen molar-refractivity contribution in [2.75, 3.05) is 5.75 Å². The predicted octanol–water partition coefficient (Wildman–Crippen LogP) is 0.479. The zero-order valence-electron chi connectivity index (χ0n) is 11.1. The third kappa shape index (κ3) is 4.21. The van der Waals surface area contributed by atoms with Gasteiger partial charge in [0.05, 0.1) is 12.0 Å². The lowest BCUT2D eigenvalue weighted by Crippen LogP contribution is -2.50. The van der Waals surface area contributed by atoms with E-state index in [0.717, 1.165) is 9.93 Å². The van der Waals surface area contributed by atoms with E-state index in [9.17, 15) is 19.5 Å². The first-order valence-electron chi connectivity index (χ1n) is 6.36. The minimum absolute atomic E-state index is 0.0818. The molecular formula is C13H13N2O4S2-. The summed E-state index contributed by atoms with van der Waals surface area (Å²) in [6, 6.07) is 4.35. The average molecular weight is 325 g/mol. The molecule has 0 radical (unpaired) electrons. The second-order valence-corrected chi connectivity index (χ2v) is 6.79. The van der Waals surface area contributed by atoms with Gasteiger partial charge in [0.2, 0.25) is 11.8 Å². The van der Waals surface area contributed by atoms with E-state index in [1.807, 2.05) is 18.2 Å². The van der Waals surface area contributed by atoms with E-state index in [4.69, 9.17) is 0 Å². The largest absolute Gasteiger partial charge is 0.548 e. The van der Waals surface area contributed by atoms with Crippen LogP contribution in [0.15, 0.2) is 29.4 Å². The Morgan fingerprint density at radius 1 is 1.33 bits per heavy atom. The average Bonchev–Trinajstić information content (AvgIpc) is 2.79. The Morgan fingerprint density at radius 3 is 2.62 bits per heavy atom. The summed E-state index contributed by atoms with van der Waals surface area (Å²) in [5, 5.41) is 12.0. The molecule has 0 saturated carbocycles. The fraction of sp³-hybridized carbons (Fsp3) is 0.385. The van der Waals surface area contributed by atoms with Gasteiger partial charge in [-0.3, -0.25) is 14.5 Å². The van der Waals surface area contributed by atoms with Crippen LogP contribution in [0.1, 0.15) is 19.3 Å². The molecule has 1 aromatic heterocycles. The number of rotatable bonds is 7. The van der Waals surface area contributed by atoms with E-state index >= 15 is 0 Å². The van der Waals surface area contributed by atoms with Crippen LogP contribution in [0.5, 0.6) is 0 Å². The Bertz CT molecular complexity index is 522. The van der Waals surface area contributed by atoms with Crippen LogP contribution in [0.4, 0.5) is 0 Å². The van der Waals surface area contributed by atoms with Gasteiger partial charge < -0.3 is 9.90 Å². The number of carbonyl (C=O) groups is 3. The van der Waals surface area contributed by atoms with E-state index in [0.29, 0.717) is 5.75 Å². The Labute approximate surface area is 129 Å². The lowest BCUT2D eigenvalue weighted by molar-refractivity contribution is -0.310. The van der Waals surface area contributed by atoms with Crippen molar-refractivity contribution in [3.63, 3.8) is 0 Å². The van der Waals surface area contributed by atoms with E-state index in [1.165, 1.54) is 21.6 Å². The van der Waals surface area contributed by atoms with Gasteiger partial charge in [0.1, 0.15) is 5.03 Å². The topological polar surface area (TPSA) is 90.4 Å². The number of aliphatic carboxylic acids is 1. The molecule has 2 heterocycles. The van der Waals surface area contributed by atoms with Crippen molar-refractivity contribution in [1.29, 1.82) is 0 Å². The van der Waals surface area contributed by atoms with Crippen LogP contribution in [0.25, 0.3) is 0 Å². The number of carboxylic acid groups (broad SMARTS) is 1. The van der Waals surface area contributed by atoms with Gasteiger partial charge in [-0.05, 0) is 29.3 Å². The number of aromatic nitrogens is 1. The normalized spacial score (nSPS) is 16.3. The van der Waals surface area contributed by atoms with Gasteiger partial charge >= 0.3 is 0 Å². The number of carboxylic acids is 1. The van der Waals surface area contributed by atoms with Gasteiger partial charge in [-0.15, -0.1) is 0 Å². The number of hydrogen-bond acceptors (Lipinski definition) is 7. The molecule has 1 fully saturated rings. The lowest BCUT2D eigenvalue weighted by atomic mass is 10.2. The number of hydrogen-bond donors (Lipinski definition) is 0. The van der Waals surface area contributed by atoms with Crippen molar-refractivity contribution in [2.45, 2.75) is 30.3 Å². The molecule has 1 saturated heterocycles. The SMILES string of the molecule is O=C([O-])C(CCSSc1ccccn1)N1C(=O)CCC1=O. The molecule has 1 atom stereocenters. The lowest BCUT2D eigenvalue weighted by Gasteiger charge is -2.26. The summed E-state index contributed by atoms with van der Waals surface area (Å²) in [7, 11) is 2.85. The fourth-order valence-electron chi connectivity index (χ4n) is 1.95. The van der Waals surface area contributed by atoms with Crippen LogP contribution in [0, 0.1) is 0 Å². The number of imide groups is 1. The van der Waals surface area contributed by atoms with Gasteiger partial charge in [0.25, 0.3) is 0 Å². The second-order valence-electron chi connectivity index (χ2n) is 4.35. The summed E-state index contributed by atoms with van der Waals surface area (Å²) in [4.78, 5) is 39.3. The molecule has 1 aliphatic rings. The first-order chi connectivity index (χ1) is 10.1. The maximum Gasteiger partial charge on any atom is 0.230 e. The zero-order valence-corrected chi connectivity index (χ0v) is 12.7. The summed E-state index contributed by atoms with van der Waals surface area (Å²) in [5.41, 5.74) is 0. The van der Waals surface area contributed by atoms with Gasteiger partial charge in [-0.25, -0.2) is 4.98 Å². The molecule has 6 nitrogen and oxygen atoms in total. The highest BCUT2D eigenvalue weighted by Crippen LogP contribution is 2.30. The molecule has 21 heavy (non-hydrogen) atoms. The van der Waals surface area contributed by atoms with E-state index < -0.39 is 23.8 Å². The predicted molar refractivity (Wildman–Crippen MR) is 77.1 cm³/mol. The first kappa shape index (κ1) is 15.8. The molecule has 0 N–H and O–H groups in total. The standard InChI is InChI=1S/C13H14N2O4S2/c16-11-4-5-12(17)15(11)9(13(18)19)6-8-20-21-10-3-1-2-7-14-10/h1-3,7,9H,4-6,8H2,(H,18,19)/p-1. The number of nitrogens with zero attached hydrogens (tertiary/aromatic N) is 2. The van der Waals surface area contributed by atoms with Crippen LogP contribution in [-0.4, -0.2) is 39.5 Å². The summed E-state index contributed by atoms with van der Waals surface area (Å²) >= 11 is 0. The van der Waals surface area contributed by atoms with E-state index in [1.54, 1.807) is 6.20 Å². The minimum Gasteiger partial charge on any atom is -0.548 e. The molecule has 0 bridgehead atoms. The number of carbonyl (C=O) groups excluding carboxylic acids is 3. The molecule has 1 aromatic rings. The van der Waals surface area contributed by atoms with Crippen LogP contribution < -0.4 is 5.11 Å². The number of pyridine rings is 1. The molecule has 112 valence electrons. The zero-order chi connectivity index (χ0) is 15.2. The van der Waals surface area contributed by atoms with Crippen molar-refractivity contribution >= 4 is 39.4 Å². The van der Waals surface area contributed by atoms with Crippen molar-refractivity contribution in [3.8, 4) is 0 Å². The van der Waals surface area contributed by atoms with Crippen LogP contribution >= 0.6 is 21.6 Å². The van der Waals surface area contributed by atoms with Crippen molar-refractivity contribution in [1.82, 2.24) is 9.88 Å². The van der Waals surface area contributed by atoms with E-state index in [-0.39, 0.29) is 19.3 Å². The van der Waals surface area contributed by atoms with Gasteiger partial charge in [-0.1, -0.05) is 16.9 Å². The monoisotopic (exact) mass is 325 g/mol. The number of likely N-dealkylation sites (tertiary alicyclic amines) is 1. The van der Waals surface area contributed by atoms with Crippen LogP contribution in [-0.2, 0) is 14.4 Å². The maximum atomic E-state index is 11.6. The summed E-state index contributed by atoms with van der Waals surface area (Å²) in [5.74, 6) is -1.79. The minimum atomic E-state index is -1.39. The third-order valence-corrected chi connectivity index (χ3v) is 5.23. The molecule has 8 heteroatoms. The van der Waals surface area contributed by atoms with Crippen molar-refractivity contribution < 1.29 is 19.5 Å². The Hall–Kier alpha value is -1.54. The molecule has 0 aromatic carbocycles.